The van der Waals surface area contributed by atoms with E-state index in [2.05, 4.69) is 21.0 Å². The van der Waals surface area contributed by atoms with Crippen LogP contribution in [0.15, 0.2) is 71.5 Å². The van der Waals surface area contributed by atoms with Crippen LogP contribution < -0.4 is 4.74 Å². The Bertz CT molecular complexity index is 662. The van der Waals surface area contributed by atoms with E-state index in [1.54, 1.807) is 10.9 Å². The number of aromatic nitrogens is 2. The van der Waals surface area contributed by atoms with Crippen LogP contribution >= 0.6 is 15.9 Å². The van der Waals surface area contributed by atoms with E-state index in [1.165, 1.54) is 0 Å². The molecule has 0 fully saturated rings. The van der Waals surface area contributed by atoms with Gasteiger partial charge in [-0.1, -0.05) is 18.2 Å². The van der Waals surface area contributed by atoms with Crippen molar-refractivity contribution in [2.24, 2.45) is 0 Å². The predicted octanol–water partition coefficient (Wildman–Crippen LogP) is 4.43. The largest absolute Gasteiger partial charge is 0.457 e. The molecule has 0 N–H and O–H groups in total. The lowest BCUT2D eigenvalue weighted by Crippen LogP contribution is -1.93. The van der Waals surface area contributed by atoms with Gasteiger partial charge in [0.15, 0.2) is 0 Å². The molecule has 0 saturated heterocycles. The molecule has 0 aliphatic heterocycles. The number of ether oxygens (including phenoxy) is 1. The first-order valence-corrected chi connectivity index (χ1v) is 6.64. The number of halogens is 1. The molecule has 94 valence electrons. The van der Waals surface area contributed by atoms with E-state index < -0.39 is 0 Å². The number of hydrogen-bond donors (Lipinski definition) is 0. The molecule has 0 amide bonds. The molecule has 0 saturated carbocycles. The van der Waals surface area contributed by atoms with E-state index in [0.717, 1.165) is 21.7 Å². The molecule has 19 heavy (non-hydrogen) atoms. The monoisotopic (exact) mass is 314 g/mol. The van der Waals surface area contributed by atoms with Gasteiger partial charge in [-0.15, -0.1) is 0 Å². The summed E-state index contributed by atoms with van der Waals surface area (Å²) in [6, 6.07) is 17.5. The third kappa shape index (κ3) is 2.85. The predicted molar refractivity (Wildman–Crippen MR) is 77.8 cm³/mol. The zero-order valence-electron chi connectivity index (χ0n) is 10.0. The molecule has 0 atom stereocenters. The molecule has 3 nitrogen and oxygen atoms in total. The van der Waals surface area contributed by atoms with E-state index in [1.807, 2.05) is 60.8 Å². The number of rotatable bonds is 3. The maximum absolute atomic E-state index is 5.74. The van der Waals surface area contributed by atoms with E-state index in [0.29, 0.717) is 0 Å². The van der Waals surface area contributed by atoms with Gasteiger partial charge in [0.1, 0.15) is 11.5 Å². The summed E-state index contributed by atoms with van der Waals surface area (Å²) in [5.74, 6) is 1.64. The highest BCUT2D eigenvalue weighted by Gasteiger charge is 2.00. The Labute approximate surface area is 119 Å². The van der Waals surface area contributed by atoms with Gasteiger partial charge >= 0.3 is 0 Å². The Balaban J connectivity index is 1.79. The second-order valence-corrected chi connectivity index (χ2v) is 4.93. The smallest absolute Gasteiger partial charge is 0.127 e. The minimum Gasteiger partial charge on any atom is -0.457 e. The lowest BCUT2D eigenvalue weighted by atomic mass is 10.3. The van der Waals surface area contributed by atoms with E-state index in [4.69, 9.17) is 4.74 Å². The van der Waals surface area contributed by atoms with Gasteiger partial charge in [-0.05, 0) is 52.3 Å². The van der Waals surface area contributed by atoms with Crippen LogP contribution in [0.1, 0.15) is 0 Å². The fourth-order valence-corrected chi connectivity index (χ4v) is 2.02. The SMILES string of the molecule is Brc1cnn(-c2ccc(Oc3ccccc3)cc2)c1. The van der Waals surface area contributed by atoms with E-state index in [9.17, 15) is 0 Å². The molecular weight excluding hydrogens is 304 g/mol. The topological polar surface area (TPSA) is 27.1 Å². The van der Waals surface area contributed by atoms with Gasteiger partial charge in [0, 0.05) is 6.20 Å². The summed E-state index contributed by atoms with van der Waals surface area (Å²) in [7, 11) is 0. The van der Waals surface area contributed by atoms with Gasteiger partial charge < -0.3 is 4.74 Å². The van der Waals surface area contributed by atoms with Crippen molar-refractivity contribution >= 4 is 15.9 Å². The maximum atomic E-state index is 5.74. The first kappa shape index (κ1) is 12.0. The summed E-state index contributed by atoms with van der Waals surface area (Å²) in [4.78, 5) is 0. The molecule has 0 bridgehead atoms. The number of nitrogens with zero attached hydrogens (tertiary/aromatic N) is 2. The third-order valence-electron chi connectivity index (χ3n) is 2.63. The molecule has 3 aromatic rings. The lowest BCUT2D eigenvalue weighted by Gasteiger charge is -2.06. The van der Waals surface area contributed by atoms with Crippen molar-refractivity contribution in [2.75, 3.05) is 0 Å². The van der Waals surface area contributed by atoms with Crippen molar-refractivity contribution in [2.45, 2.75) is 0 Å². The minimum atomic E-state index is 0.807. The van der Waals surface area contributed by atoms with Gasteiger partial charge in [-0.2, -0.15) is 5.10 Å². The van der Waals surface area contributed by atoms with Crippen molar-refractivity contribution in [1.82, 2.24) is 9.78 Å². The molecule has 0 aliphatic rings. The summed E-state index contributed by atoms with van der Waals surface area (Å²) >= 11 is 3.38. The zero-order valence-corrected chi connectivity index (χ0v) is 11.6. The highest BCUT2D eigenvalue weighted by atomic mass is 79.9. The summed E-state index contributed by atoms with van der Waals surface area (Å²) in [5, 5.41) is 4.23. The molecule has 0 unspecified atom stereocenters. The Kier molecular flexibility index (Phi) is 3.33. The molecule has 2 aromatic carbocycles. The molecular formula is C15H11BrN2O. The van der Waals surface area contributed by atoms with Crippen LogP contribution in [0, 0.1) is 0 Å². The van der Waals surface area contributed by atoms with Crippen LogP contribution in [0.25, 0.3) is 5.69 Å². The minimum absolute atomic E-state index is 0.807. The van der Waals surface area contributed by atoms with Crippen LogP contribution in [-0.2, 0) is 0 Å². The normalized spacial score (nSPS) is 10.4. The average molecular weight is 315 g/mol. The molecule has 0 radical (unpaired) electrons. The van der Waals surface area contributed by atoms with E-state index >= 15 is 0 Å². The molecule has 1 aromatic heterocycles. The van der Waals surface area contributed by atoms with Crippen molar-refractivity contribution in [3.05, 3.63) is 71.5 Å². The van der Waals surface area contributed by atoms with Gasteiger partial charge in [-0.25, -0.2) is 4.68 Å². The first-order valence-electron chi connectivity index (χ1n) is 5.85. The summed E-state index contributed by atoms with van der Waals surface area (Å²) in [5.41, 5.74) is 0.992. The molecule has 3 rings (SSSR count). The average Bonchev–Trinajstić information content (AvgIpc) is 2.87. The highest BCUT2D eigenvalue weighted by molar-refractivity contribution is 9.10. The first-order chi connectivity index (χ1) is 9.31. The van der Waals surface area contributed by atoms with Crippen LogP contribution in [0.5, 0.6) is 11.5 Å². The van der Waals surface area contributed by atoms with Gasteiger partial charge in [0.25, 0.3) is 0 Å². The zero-order chi connectivity index (χ0) is 13.1. The van der Waals surface area contributed by atoms with Crippen LogP contribution in [0.4, 0.5) is 0 Å². The van der Waals surface area contributed by atoms with Crippen LogP contribution in [-0.4, -0.2) is 9.78 Å². The second-order valence-electron chi connectivity index (χ2n) is 4.01. The fraction of sp³-hybridized carbons (Fsp3) is 0. The Morgan fingerprint density at radius 3 is 2.21 bits per heavy atom. The summed E-state index contributed by atoms with van der Waals surface area (Å²) in [6.45, 7) is 0. The second kappa shape index (κ2) is 5.28. The van der Waals surface area contributed by atoms with Crippen LogP contribution in [0.3, 0.4) is 0 Å². The molecule has 4 heteroatoms. The van der Waals surface area contributed by atoms with Gasteiger partial charge in [0.05, 0.1) is 16.4 Å². The highest BCUT2D eigenvalue weighted by Crippen LogP contribution is 2.22. The van der Waals surface area contributed by atoms with Crippen molar-refractivity contribution in [3.8, 4) is 17.2 Å². The van der Waals surface area contributed by atoms with Gasteiger partial charge in [0.2, 0.25) is 0 Å². The van der Waals surface area contributed by atoms with Crippen molar-refractivity contribution in [3.63, 3.8) is 0 Å². The summed E-state index contributed by atoms with van der Waals surface area (Å²) in [6.07, 6.45) is 3.67. The molecule has 1 heterocycles. The summed E-state index contributed by atoms with van der Waals surface area (Å²) < 4.78 is 8.49. The quantitative estimate of drug-likeness (QED) is 0.715. The van der Waals surface area contributed by atoms with Gasteiger partial charge in [-0.3, -0.25) is 0 Å². The Morgan fingerprint density at radius 1 is 0.895 bits per heavy atom. The lowest BCUT2D eigenvalue weighted by molar-refractivity contribution is 0.482. The molecule has 0 aliphatic carbocycles. The fourth-order valence-electron chi connectivity index (χ4n) is 1.73. The third-order valence-corrected chi connectivity index (χ3v) is 3.04. The number of hydrogen-bond acceptors (Lipinski definition) is 2. The Hall–Kier alpha value is -2.07. The van der Waals surface area contributed by atoms with E-state index in [-0.39, 0.29) is 0 Å². The van der Waals surface area contributed by atoms with Crippen molar-refractivity contribution in [1.29, 1.82) is 0 Å². The molecule has 0 spiro atoms. The number of benzene rings is 2. The maximum Gasteiger partial charge on any atom is 0.127 e. The number of para-hydroxylation sites is 1. The Morgan fingerprint density at radius 2 is 1.58 bits per heavy atom. The standard InChI is InChI=1S/C15H11BrN2O/c16-12-10-17-18(11-12)13-6-8-15(9-7-13)19-14-4-2-1-3-5-14/h1-11H. The van der Waals surface area contributed by atoms with Crippen LogP contribution in [0.2, 0.25) is 0 Å². The van der Waals surface area contributed by atoms with Crippen molar-refractivity contribution < 1.29 is 4.74 Å².